The summed E-state index contributed by atoms with van der Waals surface area (Å²) in [4.78, 5) is 124. The number of anilines is 4. The minimum atomic E-state index is -1.13. The van der Waals surface area contributed by atoms with Crippen molar-refractivity contribution in [3.63, 3.8) is 0 Å². The molecule has 21 nitrogen and oxygen atoms in total. The summed E-state index contributed by atoms with van der Waals surface area (Å²) in [5.74, 6) is -2.04. The minimum absolute atomic E-state index is 0.00568. The van der Waals surface area contributed by atoms with E-state index >= 15 is 4.39 Å². The fourth-order valence-corrected chi connectivity index (χ4v) is 14.0. The van der Waals surface area contributed by atoms with E-state index < -0.39 is 35.0 Å². The lowest BCUT2D eigenvalue weighted by atomic mass is 9.72. The summed E-state index contributed by atoms with van der Waals surface area (Å²) in [5, 5.41) is 15.1. The fourth-order valence-electron chi connectivity index (χ4n) is 14.0. The van der Waals surface area contributed by atoms with Gasteiger partial charge in [-0.3, -0.25) is 33.7 Å². The van der Waals surface area contributed by atoms with E-state index in [0.717, 1.165) is 61.3 Å². The van der Waals surface area contributed by atoms with Gasteiger partial charge in [0.05, 0.1) is 34.4 Å². The first-order chi connectivity index (χ1) is 42.8. The smallest absolute Gasteiger partial charge is 0.320 e. The number of carbonyl (C=O) groups is 8. The maximum atomic E-state index is 16.1. The van der Waals surface area contributed by atoms with Crippen molar-refractivity contribution in [2.75, 3.05) is 68.4 Å². The van der Waals surface area contributed by atoms with Crippen molar-refractivity contribution >= 4 is 82.7 Å². The van der Waals surface area contributed by atoms with E-state index in [1.807, 2.05) is 65.2 Å². The fraction of sp³-hybridized carbons (Fsp3) is 0.522. The SMILES string of the molecule is CNC(=O)C(CCC=O)N1C(=O)c2cccc(NC3CCN(C(=O)N4CCC(CCC(C)(CCNC=O)c5ccc(-c6cc7ncn(C(C)C)c7c(Nc7cc(C(=O)NC(C)C)c(C)cc7F)n6)cc5N(C=O)C5CC(N6CCCCC6)C5)C4)CC3)c2C1=O. The Balaban J connectivity index is 0.879. The van der Waals surface area contributed by atoms with E-state index in [9.17, 15) is 38.4 Å². The molecule has 8 amide bonds. The number of pyridine rings is 1. The normalized spacial score (nSPS) is 19.8. The zero-order chi connectivity index (χ0) is 63.3. The molecule has 5 aromatic rings. The third kappa shape index (κ3) is 13.5. The number of imide groups is 1. The molecule has 5 aliphatic rings. The van der Waals surface area contributed by atoms with Crippen LogP contribution in [0.4, 0.5) is 32.1 Å². The first-order valence-corrected chi connectivity index (χ1v) is 31.9. The molecule has 6 heterocycles. The van der Waals surface area contributed by atoms with E-state index in [1.165, 1.54) is 38.4 Å². The number of carbonyl (C=O) groups excluding carboxylic acids is 8. The number of hydrogen-bond donors (Lipinski definition) is 5. The highest BCUT2D eigenvalue weighted by atomic mass is 19.1. The second kappa shape index (κ2) is 27.6. The summed E-state index contributed by atoms with van der Waals surface area (Å²) in [6.07, 6.45) is 13.4. The summed E-state index contributed by atoms with van der Waals surface area (Å²) in [5.41, 5.74) is 5.46. The number of aldehydes is 1. The number of hydrogen-bond acceptors (Lipinski definition) is 13. The Labute approximate surface area is 520 Å². The molecule has 1 aliphatic carbocycles. The number of likely N-dealkylation sites (N-methyl/N-ethyl adjacent to an activating group) is 1. The standard InChI is InChI=1S/C67H86FN13O8/c1-41(2)72-62(85)50-35-55(52(68)31-43(50)5)75-61-60-56(71-38-79(60)42(3)4)36-54(74-61)45-16-17-51(58(32-45)80(40-84)48-33-47(34-48)76-25-9-8-10-26-76)67(6,23-24-70-39-83)22-18-44-19-27-78(37-44)66(89)77-28-20-46(21-29-77)73-53-14-11-13-49-59(53)65(88)81(64(49)87)57(15-12-30-82)63(86)69-7/h11,13-14,16-17,30-32,35-36,38-42,44,46-48,57,73H,8-10,12,15,18-29,33-34,37H2,1-7H3,(H,69,86)(H,70,83)(H,72,85)(H,74,75). The molecule has 0 bridgehead atoms. The van der Waals surface area contributed by atoms with Crippen LogP contribution in [0.15, 0.2) is 60.9 Å². The largest absolute Gasteiger partial charge is 0.382 e. The van der Waals surface area contributed by atoms with Gasteiger partial charge in [-0.05, 0) is 177 Å². The van der Waals surface area contributed by atoms with Crippen molar-refractivity contribution in [3.8, 4) is 11.3 Å². The number of amides is 8. The van der Waals surface area contributed by atoms with Crippen LogP contribution >= 0.6 is 0 Å². The summed E-state index contributed by atoms with van der Waals surface area (Å²) in [6, 6.07) is 14.9. The van der Waals surface area contributed by atoms with E-state index in [0.29, 0.717) is 122 Å². The lowest BCUT2D eigenvalue weighted by molar-refractivity contribution is -0.124. The lowest BCUT2D eigenvalue weighted by Gasteiger charge is -2.48. The maximum Gasteiger partial charge on any atom is 0.320 e. The molecule has 474 valence electrons. The molecule has 1 saturated carbocycles. The molecule has 4 fully saturated rings. The Morgan fingerprint density at radius 3 is 2.33 bits per heavy atom. The summed E-state index contributed by atoms with van der Waals surface area (Å²) >= 11 is 0. The zero-order valence-electron chi connectivity index (χ0n) is 52.4. The van der Waals surface area contributed by atoms with Crippen molar-refractivity contribution in [2.45, 2.75) is 167 Å². The van der Waals surface area contributed by atoms with Gasteiger partial charge in [-0.25, -0.2) is 19.2 Å². The predicted molar refractivity (Wildman–Crippen MR) is 340 cm³/mol. The number of likely N-dealkylation sites (tertiary alicyclic amines) is 3. The van der Waals surface area contributed by atoms with Crippen LogP contribution in [0.25, 0.3) is 22.3 Å². The number of piperidine rings is 2. The number of nitrogens with one attached hydrogen (secondary N) is 5. The van der Waals surface area contributed by atoms with E-state index in [4.69, 9.17) is 9.97 Å². The Hall–Kier alpha value is -8.27. The van der Waals surface area contributed by atoms with Gasteiger partial charge in [0.15, 0.2) is 5.82 Å². The number of aromatic nitrogens is 3. The Kier molecular flexibility index (Phi) is 19.8. The third-order valence-corrected chi connectivity index (χ3v) is 19.1. The van der Waals surface area contributed by atoms with Crippen LogP contribution in [-0.4, -0.2) is 166 Å². The monoisotopic (exact) mass is 1220 g/mol. The number of fused-ring (bicyclic) bond motifs is 2. The van der Waals surface area contributed by atoms with Gasteiger partial charge in [-0.15, -0.1) is 0 Å². The van der Waals surface area contributed by atoms with Gasteiger partial charge in [0.25, 0.3) is 17.7 Å². The van der Waals surface area contributed by atoms with Crippen LogP contribution in [-0.2, 0) is 24.6 Å². The number of halogens is 1. The second-order valence-electron chi connectivity index (χ2n) is 25.8. The molecule has 3 aromatic carbocycles. The highest BCUT2D eigenvalue weighted by Gasteiger charge is 2.45. The van der Waals surface area contributed by atoms with E-state index in [1.54, 1.807) is 31.5 Å². The van der Waals surface area contributed by atoms with Crippen molar-refractivity contribution in [3.05, 3.63) is 94.6 Å². The molecule has 2 aromatic heterocycles. The first kappa shape index (κ1) is 63.7. The molecule has 0 spiro atoms. The highest BCUT2D eigenvalue weighted by molar-refractivity contribution is 6.25. The molecular weight excluding hydrogens is 1130 g/mol. The second-order valence-corrected chi connectivity index (χ2v) is 25.8. The van der Waals surface area contributed by atoms with Crippen LogP contribution in [0, 0.1) is 18.7 Å². The maximum absolute atomic E-state index is 16.1. The average Bonchev–Trinajstić information content (AvgIpc) is 1.78. The van der Waals surface area contributed by atoms with Crippen molar-refractivity contribution in [1.29, 1.82) is 0 Å². The number of rotatable bonds is 25. The topological polar surface area (TPSA) is 244 Å². The van der Waals surface area contributed by atoms with Crippen LogP contribution in [0.3, 0.4) is 0 Å². The van der Waals surface area contributed by atoms with Crippen LogP contribution in [0.1, 0.15) is 166 Å². The molecule has 22 heteroatoms. The zero-order valence-corrected chi connectivity index (χ0v) is 52.4. The number of nitrogens with zero attached hydrogens (tertiary/aromatic N) is 8. The minimum Gasteiger partial charge on any atom is -0.382 e. The number of aryl methyl sites for hydroxylation is 1. The molecule has 3 saturated heterocycles. The average molecular weight is 1220 g/mol. The molecule has 89 heavy (non-hydrogen) atoms. The van der Waals surface area contributed by atoms with Gasteiger partial charge in [0.2, 0.25) is 18.7 Å². The molecule has 3 unspecified atom stereocenters. The summed E-state index contributed by atoms with van der Waals surface area (Å²) < 4.78 is 18.0. The van der Waals surface area contributed by atoms with Crippen molar-refractivity contribution < 1.29 is 42.7 Å². The molecule has 10 rings (SSSR count). The van der Waals surface area contributed by atoms with Gasteiger partial charge in [0.1, 0.15) is 23.7 Å². The third-order valence-electron chi connectivity index (χ3n) is 19.1. The van der Waals surface area contributed by atoms with Gasteiger partial charge in [0, 0.05) is 98.9 Å². The number of benzene rings is 3. The van der Waals surface area contributed by atoms with E-state index in [2.05, 4.69) is 44.5 Å². The number of urea groups is 1. The molecule has 5 N–H and O–H groups in total. The lowest BCUT2D eigenvalue weighted by Crippen LogP contribution is -2.55. The molecule has 0 radical (unpaired) electrons. The predicted octanol–water partition coefficient (Wildman–Crippen LogP) is 8.87. The van der Waals surface area contributed by atoms with Crippen molar-refractivity contribution in [1.82, 2.24) is 50.1 Å². The van der Waals surface area contributed by atoms with Crippen LogP contribution in [0.2, 0.25) is 0 Å². The van der Waals surface area contributed by atoms with Gasteiger partial charge in [-0.2, -0.15) is 0 Å². The Bertz CT molecular complexity index is 3480. The van der Waals surface area contributed by atoms with Gasteiger partial charge >= 0.3 is 6.03 Å². The van der Waals surface area contributed by atoms with Gasteiger partial charge in [-0.1, -0.05) is 31.5 Å². The van der Waals surface area contributed by atoms with Crippen molar-refractivity contribution in [2.24, 2.45) is 5.92 Å². The van der Waals surface area contributed by atoms with Crippen LogP contribution in [0.5, 0.6) is 0 Å². The molecule has 3 atom stereocenters. The Morgan fingerprint density at radius 1 is 0.876 bits per heavy atom. The van der Waals surface area contributed by atoms with E-state index in [-0.39, 0.29) is 71.7 Å². The number of imidazole rings is 1. The quantitative estimate of drug-likeness (QED) is 0.0209. The van der Waals surface area contributed by atoms with Gasteiger partial charge < -0.3 is 55.5 Å². The summed E-state index contributed by atoms with van der Waals surface area (Å²) in [6.45, 7) is 16.4. The highest BCUT2D eigenvalue weighted by Crippen LogP contribution is 2.45. The Morgan fingerprint density at radius 2 is 1.63 bits per heavy atom. The molecule has 4 aliphatic heterocycles. The molecular formula is C67H86FN13O8. The van der Waals surface area contributed by atoms with Crippen LogP contribution < -0.4 is 31.5 Å². The summed E-state index contributed by atoms with van der Waals surface area (Å²) in [7, 11) is 1.42. The first-order valence-electron chi connectivity index (χ1n) is 31.9.